The molecule has 0 radical (unpaired) electrons. The molecule has 3 rings (SSSR count). The molecule has 26 heavy (non-hydrogen) atoms. The summed E-state index contributed by atoms with van der Waals surface area (Å²) in [7, 11) is 1.55. The van der Waals surface area contributed by atoms with Crippen LogP contribution in [0.2, 0.25) is 5.02 Å². The molecule has 134 valence electrons. The average molecular weight is 372 g/mol. The minimum absolute atomic E-state index is 0.223. The van der Waals surface area contributed by atoms with Crippen molar-refractivity contribution in [2.24, 2.45) is 0 Å². The standard InChI is InChI=1S/C20H18ClNO4/c1-3-25-20(23)15-11-22-16-10-18(17(24-2)9-14(16)19(15)21)26-12-13-7-5-4-6-8-13/h4-11H,3,12H2,1-2H3. The molecular formula is C20H18ClNO4. The highest BCUT2D eigenvalue weighted by molar-refractivity contribution is 6.38. The fourth-order valence-corrected chi connectivity index (χ4v) is 2.80. The van der Waals surface area contributed by atoms with Crippen LogP contribution in [0.4, 0.5) is 0 Å². The maximum absolute atomic E-state index is 12.0. The van der Waals surface area contributed by atoms with Gasteiger partial charge < -0.3 is 14.2 Å². The monoisotopic (exact) mass is 371 g/mol. The van der Waals surface area contributed by atoms with Crippen molar-refractivity contribution < 1.29 is 19.0 Å². The van der Waals surface area contributed by atoms with Gasteiger partial charge in [0.2, 0.25) is 0 Å². The molecule has 0 amide bonds. The maximum atomic E-state index is 12.0. The Morgan fingerprint density at radius 1 is 1.15 bits per heavy atom. The second kappa shape index (κ2) is 8.06. The van der Waals surface area contributed by atoms with E-state index in [0.717, 1.165) is 5.56 Å². The first kappa shape index (κ1) is 18.0. The first-order chi connectivity index (χ1) is 12.6. The van der Waals surface area contributed by atoms with Crippen LogP contribution in [0.5, 0.6) is 11.5 Å². The maximum Gasteiger partial charge on any atom is 0.341 e. The minimum Gasteiger partial charge on any atom is -0.493 e. The normalized spacial score (nSPS) is 10.6. The summed E-state index contributed by atoms with van der Waals surface area (Å²) in [6.07, 6.45) is 1.41. The smallest absolute Gasteiger partial charge is 0.341 e. The van der Waals surface area contributed by atoms with Gasteiger partial charge in [-0.2, -0.15) is 0 Å². The van der Waals surface area contributed by atoms with Gasteiger partial charge in [-0.3, -0.25) is 4.98 Å². The van der Waals surface area contributed by atoms with Gasteiger partial charge >= 0.3 is 5.97 Å². The van der Waals surface area contributed by atoms with Crippen molar-refractivity contribution in [3.63, 3.8) is 0 Å². The zero-order valence-electron chi connectivity index (χ0n) is 14.5. The van der Waals surface area contributed by atoms with Crippen LogP contribution in [0.15, 0.2) is 48.7 Å². The Bertz CT molecular complexity index is 928. The first-order valence-electron chi connectivity index (χ1n) is 8.14. The van der Waals surface area contributed by atoms with E-state index in [-0.39, 0.29) is 17.2 Å². The summed E-state index contributed by atoms with van der Waals surface area (Å²) in [5, 5.41) is 0.877. The van der Waals surface area contributed by atoms with E-state index >= 15 is 0 Å². The first-order valence-corrected chi connectivity index (χ1v) is 8.52. The number of ether oxygens (including phenoxy) is 3. The molecular weight excluding hydrogens is 354 g/mol. The van der Waals surface area contributed by atoms with E-state index in [9.17, 15) is 4.79 Å². The molecule has 1 heterocycles. The molecule has 0 saturated carbocycles. The molecule has 0 unspecified atom stereocenters. The van der Waals surface area contributed by atoms with Crippen LogP contribution < -0.4 is 9.47 Å². The number of carbonyl (C=O) groups is 1. The zero-order chi connectivity index (χ0) is 18.5. The molecule has 0 spiro atoms. The van der Waals surface area contributed by atoms with Crippen molar-refractivity contribution in [1.82, 2.24) is 4.98 Å². The lowest BCUT2D eigenvalue weighted by Gasteiger charge is -2.13. The van der Waals surface area contributed by atoms with Gasteiger partial charge in [-0.1, -0.05) is 41.9 Å². The number of pyridine rings is 1. The Balaban J connectivity index is 1.96. The topological polar surface area (TPSA) is 57.7 Å². The van der Waals surface area contributed by atoms with E-state index in [0.29, 0.717) is 29.0 Å². The molecule has 1 aromatic heterocycles. The van der Waals surface area contributed by atoms with Crippen LogP contribution in [0, 0.1) is 0 Å². The number of benzene rings is 2. The van der Waals surface area contributed by atoms with Gasteiger partial charge in [0.15, 0.2) is 11.5 Å². The van der Waals surface area contributed by atoms with Crippen LogP contribution >= 0.6 is 11.6 Å². The number of rotatable bonds is 6. The van der Waals surface area contributed by atoms with E-state index in [1.54, 1.807) is 26.2 Å². The van der Waals surface area contributed by atoms with Gasteiger partial charge in [0.05, 0.1) is 29.8 Å². The van der Waals surface area contributed by atoms with E-state index in [2.05, 4.69) is 4.98 Å². The Kier molecular flexibility index (Phi) is 5.58. The molecule has 6 heteroatoms. The fourth-order valence-electron chi connectivity index (χ4n) is 2.53. The number of carbonyl (C=O) groups excluding carboxylic acids is 1. The Morgan fingerprint density at radius 3 is 2.62 bits per heavy atom. The van der Waals surface area contributed by atoms with Crippen molar-refractivity contribution in [3.8, 4) is 11.5 Å². The quantitative estimate of drug-likeness (QED) is 0.590. The summed E-state index contributed by atoms with van der Waals surface area (Å²) in [4.78, 5) is 16.3. The van der Waals surface area contributed by atoms with Crippen LogP contribution in [0.25, 0.3) is 10.9 Å². The summed E-state index contributed by atoms with van der Waals surface area (Å²) >= 11 is 6.39. The largest absolute Gasteiger partial charge is 0.493 e. The number of hydrogen-bond donors (Lipinski definition) is 0. The number of methoxy groups -OCH3 is 1. The molecule has 0 N–H and O–H groups in total. The Hall–Kier alpha value is -2.79. The van der Waals surface area contributed by atoms with E-state index < -0.39 is 5.97 Å². The second-order valence-corrected chi connectivity index (χ2v) is 5.88. The van der Waals surface area contributed by atoms with Gasteiger partial charge in [-0.25, -0.2) is 4.79 Å². The number of aromatic nitrogens is 1. The third-order valence-corrected chi connectivity index (χ3v) is 4.23. The SMILES string of the molecule is CCOC(=O)c1cnc2cc(OCc3ccccc3)c(OC)cc2c1Cl. The molecule has 0 aliphatic carbocycles. The van der Waals surface area contributed by atoms with E-state index in [1.807, 2.05) is 30.3 Å². The predicted octanol–water partition coefficient (Wildman–Crippen LogP) is 4.65. The molecule has 0 aliphatic heterocycles. The highest BCUT2D eigenvalue weighted by Gasteiger charge is 2.17. The highest BCUT2D eigenvalue weighted by Crippen LogP contribution is 2.36. The minimum atomic E-state index is -0.504. The Morgan fingerprint density at radius 2 is 1.92 bits per heavy atom. The number of fused-ring (bicyclic) bond motifs is 1. The van der Waals surface area contributed by atoms with Gasteiger partial charge in [-0.05, 0) is 18.6 Å². The second-order valence-electron chi connectivity index (χ2n) is 5.50. The lowest BCUT2D eigenvalue weighted by molar-refractivity contribution is 0.0526. The van der Waals surface area contributed by atoms with Crippen LogP contribution in [-0.2, 0) is 11.3 Å². The molecule has 2 aromatic carbocycles. The third-order valence-electron chi connectivity index (χ3n) is 3.82. The van der Waals surface area contributed by atoms with Crippen molar-refractivity contribution in [2.75, 3.05) is 13.7 Å². The lowest BCUT2D eigenvalue weighted by atomic mass is 10.1. The molecule has 0 bridgehead atoms. The molecule has 5 nitrogen and oxygen atoms in total. The number of halogens is 1. The van der Waals surface area contributed by atoms with Crippen LogP contribution in [-0.4, -0.2) is 24.7 Å². The fraction of sp³-hybridized carbons (Fsp3) is 0.200. The molecule has 0 atom stereocenters. The number of esters is 1. The van der Waals surface area contributed by atoms with Crippen molar-refractivity contribution >= 4 is 28.5 Å². The number of nitrogens with zero attached hydrogens (tertiary/aromatic N) is 1. The summed E-state index contributed by atoms with van der Waals surface area (Å²) in [5.41, 5.74) is 1.87. The summed E-state index contributed by atoms with van der Waals surface area (Å²) in [5.74, 6) is 0.560. The molecule has 0 aliphatic rings. The zero-order valence-corrected chi connectivity index (χ0v) is 15.2. The van der Waals surface area contributed by atoms with Crippen molar-refractivity contribution in [1.29, 1.82) is 0 Å². The van der Waals surface area contributed by atoms with Gasteiger partial charge in [0.25, 0.3) is 0 Å². The lowest BCUT2D eigenvalue weighted by Crippen LogP contribution is -2.06. The van der Waals surface area contributed by atoms with Gasteiger partial charge in [0, 0.05) is 17.6 Å². The summed E-state index contributed by atoms with van der Waals surface area (Å²) < 4.78 is 16.3. The van der Waals surface area contributed by atoms with Crippen LogP contribution in [0.1, 0.15) is 22.8 Å². The van der Waals surface area contributed by atoms with Crippen molar-refractivity contribution in [2.45, 2.75) is 13.5 Å². The van der Waals surface area contributed by atoms with Crippen molar-refractivity contribution in [3.05, 3.63) is 64.8 Å². The Labute approximate surface area is 156 Å². The highest BCUT2D eigenvalue weighted by atomic mass is 35.5. The summed E-state index contributed by atoms with van der Waals surface area (Å²) in [6.45, 7) is 2.40. The average Bonchev–Trinajstić information content (AvgIpc) is 2.67. The molecule has 0 saturated heterocycles. The third kappa shape index (κ3) is 3.73. The summed E-state index contributed by atoms with van der Waals surface area (Å²) in [6, 6.07) is 13.3. The molecule has 0 fully saturated rings. The number of hydrogen-bond acceptors (Lipinski definition) is 5. The van der Waals surface area contributed by atoms with Gasteiger partial charge in [0.1, 0.15) is 6.61 Å². The molecule has 3 aromatic rings. The van der Waals surface area contributed by atoms with E-state index in [4.69, 9.17) is 25.8 Å². The predicted molar refractivity (Wildman–Crippen MR) is 100 cm³/mol. The van der Waals surface area contributed by atoms with E-state index in [1.165, 1.54) is 6.20 Å². The van der Waals surface area contributed by atoms with Crippen LogP contribution in [0.3, 0.4) is 0 Å². The van der Waals surface area contributed by atoms with Gasteiger partial charge in [-0.15, -0.1) is 0 Å².